The Labute approximate surface area is 155 Å². The summed E-state index contributed by atoms with van der Waals surface area (Å²) >= 11 is 6.07. The number of benzene rings is 2. The van der Waals surface area contributed by atoms with Gasteiger partial charge in [0.2, 0.25) is 11.8 Å². The number of amides is 2. The first-order valence-corrected chi connectivity index (χ1v) is 8.46. The number of nitrogens with one attached hydrogen (secondary N) is 2. The molecule has 0 saturated heterocycles. The molecule has 0 atom stereocenters. The van der Waals surface area contributed by atoms with Crippen molar-refractivity contribution in [2.45, 2.75) is 19.8 Å². The van der Waals surface area contributed by atoms with Crippen molar-refractivity contribution in [3.05, 3.63) is 52.8 Å². The van der Waals surface area contributed by atoms with E-state index < -0.39 is 23.0 Å². The highest BCUT2D eigenvalue weighted by atomic mass is 35.5. The molecular formula is C19H18ClFN2O3. The molecule has 0 radical (unpaired) electrons. The van der Waals surface area contributed by atoms with Crippen LogP contribution < -0.4 is 15.4 Å². The monoisotopic (exact) mass is 376 g/mol. The maximum Gasteiger partial charge on any atom is 0.240 e. The zero-order chi connectivity index (χ0) is 18.9. The number of hydrogen-bond donors (Lipinski definition) is 2. The van der Waals surface area contributed by atoms with Crippen LogP contribution in [0.2, 0.25) is 5.02 Å². The molecule has 1 aliphatic rings. The van der Waals surface area contributed by atoms with Crippen molar-refractivity contribution in [1.29, 1.82) is 0 Å². The van der Waals surface area contributed by atoms with Gasteiger partial charge in [-0.3, -0.25) is 9.59 Å². The first-order chi connectivity index (χ1) is 12.4. The molecule has 26 heavy (non-hydrogen) atoms. The average Bonchev–Trinajstić information content (AvgIpc) is 3.40. The number of ether oxygens (including phenoxy) is 1. The van der Waals surface area contributed by atoms with Gasteiger partial charge in [-0.15, -0.1) is 0 Å². The maximum absolute atomic E-state index is 13.3. The van der Waals surface area contributed by atoms with E-state index in [1.807, 2.05) is 0 Å². The van der Waals surface area contributed by atoms with Gasteiger partial charge in [0.05, 0.1) is 12.8 Å². The van der Waals surface area contributed by atoms with Gasteiger partial charge in [-0.1, -0.05) is 17.7 Å². The van der Waals surface area contributed by atoms with Crippen LogP contribution in [0.15, 0.2) is 36.4 Å². The summed E-state index contributed by atoms with van der Waals surface area (Å²) in [6.45, 7) is 1.81. The molecule has 0 spiro atoms. The molecule has 136 valence electrons. The van der Waals surface area contributed by atoms with Crippen molar-refractivity contribution >= 4 is 34.8 Å². The lowest BCUT2D eigenvalue weighted by Gasteiger charge is -2.17. The van der Waals surface area contributed by atoms with E-state index in [1.165, 1.54) is 25.3 Å². The van der Waals surface area contributed by atoms with Crippen LogP contribution in [-0.4, -0.2) is 18.9 Å². The highest BCUT2D eigenvalue weighted by molar-refractivity contribution is 6.31. The zero-order valence-corrected chi connectivity index (χ0v) is 15.1. The molecule has 0 aromatic heterocycles. The van der Waals surface area contributed by atoms with E-state index in [9.17, 15) is 14.0 Å². The third-order valence-corrected chi connectivity index (χ3v) is 4.84. The SMILES string of the molecule is COc1cc(Cl)c(C)cc1NC(=O)C1(C(=O)Nc2cccc(F)c2)CC1. The molecule has 7 heteroatoms. The van der Waals surface area contributed by atoms with E-state index in [1.54, 1.807) is 25.1 Å². The van der Waals surface area contributed by atoms with Crippen LogP contribution in [0.25, 0.3) is 0 Å². The number of methoxy groups -OCH3 is 1. The summed E-state index contributed by atoms with van der Waals surface area (Å²) in [7, 11) is 1.47. The highest BCUT2D eigenvalue weighted by Crippen LogP contribution is 2.48. The molecule has 5 nitrogen and oxygen atoms in total. The Morgan fingerprint density at radius 3 is 2.46 bits per heavy atom. The van der Waals surface area contributed by atoms with E-state index in [0.717, 1.165) is 5.56 Å². The molecule has 2 aromatic carbocycles. The normalized spacial score (nSPS) is 14.5. The van der Waals surface area contributed by atoms with Gasteiger partial charge in [0, 0.05) is 16.8 Å². The Bertz CT molecular complexity index is 881. The maximum atomic E-state index is 13.3. The van der Waals surface area contributed by atoms with Crippen molar-refractivity contribution in [2.75, 3.05) is 17.7 Å². The molecular weight excluding hydrogens is 359 g/mol. The minimum Gasteiger partial charge on any atom is -0.495 e. The second-order valence-corrected chi connectivity index (χ2v) is 6.71. The van der Waals surface area contributed by atoms with E-state index in [-0.39, 0.29) is 0 Å². The Morgan fingerprint density at radius 2 is 1.85 bits per heavy atom. The number of hydrogen-bond acceptors (Lipinski definition) is 3. The first-order valence-electron chi connectivity index (χ1n) is 8.08. The summed E-state index contributed by atoms with van der Waals surface area (Å²) in [6.07, 6.45) is 0.851. The highest BCUT2D eigenvalue weighted by Gasteiger charge is 2.56. The standard InChI is InChI=1S/C19H18ClFN2O3/c1-11-8-15(16(26-2)10-14(11)20)23-18(25)19(6-7-19)17(24)22-13-5-3-4-12(21)9-13/h3-5,8-10H,6-7H2,1-2H3,(H,22,24)(H,23,25). The Kier molecular flexibility index (Phi) is 4.87. The third kappa shape index (κ3) is 3.51. The molecule has 2 amide bonds. The fraction of sp³-hybridized carbons (Fsp3) is 0.263. The van der Waals surface area contributed by atoms with Crippen LogP contribution in [0.1, 0.15) is 18.4 Å². The topological polar surface area (TPSA) is 67.4 Å². The number of halogens is 2. The summed E-state index contributed by atoms with van der Waals surface area (Å²) in [5.74, 6) is -0.926. The summed E-state index contributed by atoms with van der Waals surface area (Å²) in [5.41, 5.74) is 0.375. The first kappa shape index (κ1) is 18.2. The fourth-order valence-electron chi connectivity index (χ4n) is 2.67. The van der Waals surface area contributed by atoms with Crippen molar-refractivity contribution in [2.24, 2.45) is 5.41 Å². The van der Waals surface area contributed by atoms with Crippen molar-refractivity contribution in [3.8, 4) is 5.75 Å². The van der Waals surface area contributed by atoms with E-state index in [0.29, 0.717) is 35.0 Å². The minimum atomic E-state index is -1.16. The quantitative estimate of drug-likeness (QED) is 0.770. The molecule has 1 saturated carbocycles. The molecule has 2 aromatic rings. The molecule has 0 bridgehead atoms. The molecule has 0 unspecified atom stereocenters. The van der Waals surface area contributed by atoms with Crippen LogP contribution in [0, 0.1) is 18.2 Å². The van der Waals surface area contributed by atoms with Gasteiger partial charge >= 0.3 is 0 Å². The van der Waals surface area contributed by atoms with Crippen LogP contribution >= 0.6 is 11.6 Å². The number of carbonyl (C=O) groups is 2. The summed E-state index contributed by atoms with van der Waals surface area (Å²) < 4.78 is 18.5. The molecule has 0 aliphatic heterocycles. The Balaban J connectivity index is 1.77. The fourth-order valence-corrected chi connectivity index (χ4v) is 2.82. The third-order valence-electron chi connectivity index (χ3n) is 4.43. The lowest BCUT2D eigenvalue weighted by atomic mass is 10.0. The predicted molar refractivity (Wildman–Crippen MR) is 98.1 cm³/mol. The van der Waals surface area contributed by atoms with Gasteiger partial charge in [-0.05, 0) is 49.6 Å². The average molecular weight is 377 g/mol. The zero-order valence-electron chi connectivity index (χ0n) is 14.4. The second-order valence-electron chi connectivity index (χ2n) is 6.30. The van der Waals surface area contributed by atoms with Gasteiger partial charge in [0.25, 0.3) is 0 Å². The molecule has 0 heterocycles. The van der Waals surface area contributed by atoms with E-state index in [4.69, 9.17) is 16.3 Å². The van der Waals surface area contributed by atoms with Crippen molar-refractivity contribution in [1.82, 2.24) is 0 Å². The van der Waals surface area contributed by atoms with Crippen LogP contribution in [0.3, 0.4) is 0 Å². The minimum absolute atomic E-state index is 0.314. The van der Waals surface area contributed by atoms with E-state index in [2.05, 4.69) is 10.6 Å². The van der Waals surface area contributed by atoms with E-state index >= 15 is 0 Å². The number of anilines is 2. The molecule has 3 rings (SSSR count). The van der Waals surface area contributed by atoms with Gasteiger partial charge in [-0.25, -0.2) is 4.39 Å². The van der Waals surface area contributed by atoms with Crippen molar-refractivity contribution < 1.29 is 18.7 Å². The van der Waals surface area contributed by atoms with Crippen LogP contribution in [0.4, 0.5) is 15.8 Å². The molecule has 2 N–H and O–H groups in total. The summed E-state index contributed by atoms with van der Waals surface area (Å²) in [4.78, 5) is 25.3. The van der Waals surface area contributed by atoms with Crippen molar-refractivity contribution in [3.63, 3.8) is 0 Å². The molecule has 1 fully saturated rings. The van der Waals surface area contributed by atoms with Gasteiger partial charge in [-0.2, -0.15) is 0 Å². The Morgan fingerprint density at radius 1 is 1.15 bits per heavy atom. The lowest BCUT2D eigenvalue weighted by Crippen LogP contribution is -2.35. The van der Waals surface area contributed by atoms with Crippen LogP contribution in [-0.2, 0) is 9.59 Å². The molecule has 1 aliphatic carbocycles. The van der Waals surface area contributed by atoms with Gasteiger partial charge in [0.15, 0.2) is 0 Å². The Hall–Kier alpha value is -2.60. The number of aryl methyl sites for hydroxylation is 1. The summed E-state index contributed by atoms with van der Waals surface area (Å²) in [6, 6.07) is 8.85. The summed E-state index contributed by atoms with van der Waals surface area (Å²) in [5, 5.41) is 5.88. The smallest absolute Gasteiger partial charge is 0.240 e. The predicted octanol–water partition coefficient (Wildman–Crippen LogP) is 4.15. The number of carbonyl (C=O) groups excluding carboxylic acids is 2. The number of rotatable bonds is 5. The van der Waals surface area contributed by atoms with Crippen LogP contribution in [0.5, 0.6) is 5.75 Å². The second kappa shape index (κ2) is 6.96. The largest absolute Gasteiger partial charge is 0.495 e. The lowest BCUT2D eigenvalue weighted by molar-refractivity contribution is -0.131. The van der Waals surface area contributed by atoms with Gasteiger partial charge < -0.3 is 15.4 Å². The van der Waals surface area contributed by atoms with Gasteiger partial charge in [0.1, 0.15) is 17.0 Å².